The molecule has 0 bridgehead atoms. The maximum atomic E-state index is 13.3. The van der Waals surface area contributed by atoms with Crippen LogP contribution in [0.1, 0.15) is 24.0 Å². The zero-order valence-electron chi connectivity index (χ0n) is 18.3. The van der Waals surface area contributed by atoms with E-state index in [0.717, 1.165) is 29.8 Å². The Morgan fingerprint density at radius 1 is 1.21 bits per heavy atom. The van der Waals surface area contributed by atoms with Crippen molar-refractivity contribution in [2.75, 3.05) is 31.1 Å². The van der Waals surface area contributed by atoms with E-state index in [9.17, 15) is 26.4 Å². The van der Waals surface area contributed by atoms with Crippen LogP contribution in [0.5, 0.6) is 0 Å². The number of hydrogen-bond donors (Lipinski definition) is 1. The minimum atomic E-state index is -4.38. The van der Waals surface area contributed by atoms with Gasteiger partial charge in [0.1, 0.15) is 0 Å². The van der Waals surface area contributed by atoms with Gasteiger partial charge in [-0.3, -0.25) is 9.62 Å². The van der Waals surface area contributed by atoms with Crippen molar-refractivity contribution in [3.63, 3.8) is 0 Å². The number of likely N-dealkylation sites (tertiary alicyclic amines) is 1. The number of amides is 1. The van der Waals surface area contributed by atoms with E-state index >= 15 is 0 Å². The summed E-state index contributed by atoms with van der Waals surface area (Å²) < 4.78 is 66.0. The van der Waals surface area contributed by atoms with E-state index in [1.54, 1.807) is 11.0 Å². The van der Waals surface area contributed by atoms with Gasteiger partial charge < -0.3 is 4.90 Å². The molecule has 0 unspecified atom stereocenters. The second kappa shape index (κ2) is 8.64. The lowest BCUT2D eigenvalue weighted by Crippen LogP contribution is -2.36. The molecule has 4 rings (SSSR count). The number of alkyl halides is 3. The summed E-state index contributed by atoms with van der Waals surface area (Å²) in [6.45, 7) is 1.30. The average molecular weight is 486 g/mol. The first-order chi connectivity index (χ1) is 15.4. The van der Waals surface area contributed by atoms with Gasteiger partial charge in [0.15, 0.2) is 0 Å². The molecule has 1 N–H and O–H groups in total. The summed E-state index contributed by atoms with van der Waals surface area (Å²) in [4.78, 5) is 16.5. The largest absolute Gasteiger partial charge is 0.416 e. The molecule has 2 aromatic rings. The van der Waals surface area contributed by atoms with Crippen LogP contribution in [0.4, 0.5) is 23.7 Å². The Morgan fingerprint density at radius 3 is 2.45 bits per heavy atom. The second-order valence-electron chi connectivity index (χ2n) is 8.95. The lowest BCUT2D eigenvalue weighted by molar-refractivity contribution is -0.138. The standard InChI is InChI=1S/C21H26F3N5O3S/c1-27(10-14-5-3-4-6-19(14)21(22,23)24)18-7-15-11-28(12-16(15)8-18)20(30)29-13-17(9-25-29)26-33(2,31)32/h3-6,9,13,15-16,18,26H,7-8,10-12H2,1-2H3/t15-,16+,18+. The molecule has 12 heteroatoms. The minimum Gasteiger partial charge on any atom is -0.322 e. The smallest absolute Gasteiger partial charge is 0.322 e. The fraction of sp³-hybridized carbons (Fsp3) is 0.524. The van der Waals surface area contributed by atoms with Crippen molar-refractivity contribution in [1.29, 1.82) is 0 Å². The number of nitrogens with one attached hydrogen (secondary N) is 1. The van der Waals surface area contributed by atoms with Crippen molar-refractivity contribution >= 4 is 21.7 Å². The zero-order chi connectivity index (χ0) is 24.0. The van der Waals surface area contributed by atoms with E-state index in [1.807, 2.05) is 11.9 Å². The summed E-state index contributed by atoms with van der Waals surface area (Å²) in [6.07, 6.45) is 0.862. The maximum Gasteiger partial charge on any atom is 0.416 e. The Kier molecular flexibility index (Phi) is 6.16. The van der Waals surface area contributed by atoms with Gasteiger partial charge in [-0.25, -0.2) is 13.2 Å². The van der Waals surface area contributed by atoms with Gasteiger partial charge in [-0.15, -0.1) is 0 Å². The van der Waals surface area contributed by atoms with Crippen LogP contribution in [0.25, 0.3) is 0 Å². The molecule has 2 heterocycles. The van der Waals surface area contributed by atoms with Crippen LogP contribution in [0.3, 0.4) is 0 Å². The Hall–Kier alpha value is -2.60. The number of rotatable bonds is 5. The molecule has 1 aliphatic heterocycles. The topological polar surface area (TPSA) is 87.5 Å². The molecule has 180 valence electrons. The number of carbonyl (C=O) groups is 1. The summed E-state index contributed by atoms with van der Waals surface area (Å²) in [7, 11) is -1.62. The van der Waals surface area contributed by atoms with Crippen LogP contribution in [-0.4, -0.2) is 66.5 Å². The highest BCUT2D eigenvalue weighted by Crippen LogP contribution is 2.41. The van der Waals surface area contributed by atoms with Gasteiger partial charge in [0, 0.05) is 25.7 Å². The Bertz CT molecular complexity index is 1120. The van der Waals surface area contributed by atoms with Crippen molar-refractivity contribution in [3.8, 4) is 0 Å². The average Bonchev–Trinajstić information content (AvgIpc) is 3.40. The van der Waals surface area contributed by atoms with Crippen LogP contribution in [0, 0.1) is 11.8 Å². The highest BCUT2D eigenvalue weighted by molar-refractivity contribution is 7.92. The molecule has 1 amide bonds. The van der Waals surface area contributed by atoms with Crippen molar-refractivity contribution < 1.29 is 26.4 Å². The van der Waals surface area contributed by atoms with Gasteiger partial charge in [0.25, 0.3) is 0 Å². The number of fused-ring (bicyclic) bond motifs is 1. The normalized spacial score (nSPS) is 23.2. The third kappa shape index (κ3) is 5.32. The molecule has 1 saturated heterocycles. The predicted octanol–water partition coefficient (Wildman–Crippen LogP) is 3.08. The number of carbonyl (C=O) groups excluding carboxylic acids is 1. The molecule has 1 aliphatic carbocycles. The highest BCUT2D eigenvalue weighted by atomic mass is 32.2. The summed E-state index contributed by atoms with van der Waals surface area (Å²) in [5.74, 6) is 0.534. The van der Waals surface area contributed by atoms with Crippen molar-refractivity contribution in [3.05, 3.63) is 47.8 Å². The monoisotopic (exact) mass is 485 g/mol. The molecule has 1 aromatic heterocycles. The molecule has 0 spiro atoms. The highest BCUT2D eigenvalue weighted by Gasteiger charge is 2.44. The fourth-order valence-electron chi connectivity index (χ4n) is 4.96. The number of aromatic nitrogens is 2. The molecular formula is C21H26F3N5O3S. The van der Waals surface area contributed by atoms with Crippen LogP contribution in [0.15, 0.2) is 36.7 Å². The molecule has 1 saturated carbocycles. The number of nitrogens with zero attached hydrogens (tertiary/aromatic N) is 4. The lowest BCUT2D eigenvalue weighted by atomic mass is 10.0. The van der Waals surface area contributed by atoms with E-state index < -0.39 is 21.8 Å². The quantitative estimate of drug-likeness (QED) is 0.703. The first kappa shape index (κ1) is 23.6. The van der Waals surface area contributed by atoms with Crippen LogP contribution >= 0.6 is 0 Å². The van der Waals surface area contributed by atoms with Gasteiger partial charge in [-0.1, -0.05) is 18.2 Å². The van der Waals surface area contributed by atoms with Gasteiger partial charge in [0.2, 0.25) is 10.0 Å². The third-order valence-electron chi connectivity index (χ3n) is 6.44. The number of benzene rings is 1. The van der Waals surface area contributed by atoms with E-state index in [4.69, 9.17) is 0 Å². The molecule has 33 heavy (non-hydrogen) atoms. The summed E-state index contributed by atoms with van der Waals surface area (Å²) >= 11 is 0. The zero-order valence-corrected chi connectivity index (χ0v) is 19.1. The molecule has 3 atom stereocenters. The third-order valence-corrected chi connectivity index (χ3v) is 7.05. The van der Waals surface area contributed by atoms with Crippen LogP contribution < -0.4 is 4.72 Å². The number of anilines is 1. The van der Waals surface area contributed by atoms with E-state index in [2.05, 4.69) is 9.82 Å². The lowest BCUT2D eigenvalue weighted by Gasteiger charge is -2.27. The summed E-state index contributed by atoms with van der Waals surface area (Å²) in [5.41, 5.74) is -0.125. The van der Waals surface area contributed by atoms with Gasteiger partial charge in [-0.05, 0) is 43.4 Å². The maximum absolute atomic E-state index is 13.3. The molecule has 2 aliphatic rings. The SMILES string of the molecule is CN(Cc1ccccc1C(F)(F)F)[C@H]1C[C@@H]2CN(C(=O)n3cc(NS(C)(=O)=O)cn3)C[C@@H]2C1. The van der Waals surface area contributed by atoms with Crippen molar-refractivity contribution in [1.82, 2.24) is 19.6 Å². The minimum absolute atomic E-state index is 0.147. The van der Waals surface area contributed by atoms with Crippen molar-refractivity contribution in [2.24, 2.45) is 11.8 Å². The molecule has 1 aromatic carbocycles. The number of halogens is 3. The second-order valence-corrected chi connectivity index (χ2v) is 10.7. The molecule has 8 nitrogen and oxygen atoms in total. The van der Waals surface area contributed by atoms with Gasteiger partial charge >= 0.3 is 12.2 Å². The Balaban J connectivity index is 1.35. The fourth-order valence-corrected chi connectivity index (χ4v) is 5.49. The molecule has 2 fully saturated rings. The van der Waals surface area contributed by atoms with E-state index in [1.165, 1.54) is 24.5 Å². The molecule has 0 radical (unpaired) electrons. The summed E-state index contributed by atoms with van der Waals surface area (Å²) in [6, 6.07) is 5.48. The van der Waals surface area contributed by atoms with E-state index in [-0.39, 0.29) is 41.7 Å². The number of sulfonamides is 1. The Morgan fingerprint density at radius 2 is 1.85 bits per heavy atom. The number of hydrogen-bond acceptors (Lipinski definition) is 5. The van der Waals surface area contributed by atoms with Crippen LogP contribution in [-0.2, 0) is 22.7 Å². The van der Waals surface area contributed by atoms with Gasteiger partial charge in [0.05, 0.1) is 29.9 Å². The van der Waals surface area contributed by atoms with Crippen molar-refractivity contribution in [2.45, 2.75) is 31.6 Å². The first-order valence-electron chi connectivity index (χ1n) is 10.6. The van der Waals surface area contributed by atoms with Gasteiger partial charge in [-0.2, -0.15) is 23.0 Å². The summed E-state index contributed by atoms with van der Waals surface area (Å²) in [5, 5.41) is 3.96. The van der Waals surface area contributed by atoms with Crippen LogP contribution in [0.2, 0.25) is 0 Å². The van der Waals surface area contributed by atoms with E-state index in [0.29, 0.717) is 13.1 Å². The predicted molar refractivity (Wildman–Crippen MR) is 116 cm³/mol. The molecular weight excluding hydrogens is 459 g/mol. The Labute approximate surface area is 190 Å². The first-order valence-corrected chi connectivity index (χ1v) is 12.5.